The van der Waals surface area contributed by atoms with Gasteiger partial charge in [-0.3, -0.25) is 4.90 Å². The fourth-order valence-corrected chi connectivity index (χ4v) is 3.53. The summed E-state index contributed by atoms with van der Waals surface area (Å²) in [4.78, 5) is 19.1. The highest BCUT2D eigenvalue weighted by atomic mass is 16.6. The topological polar surface area (TPSA) is 51.7 Å². The molecule has 24 heavy (non-hydrogen) atoms. The van der Waals surface area contributed by atoms with Crippen LogP contribution in [-0.4, -0.2) is 40.8 Å². The summed E-state index contributed by atoms with van der Waals surface area (Å²) in [6, 6.07) is 6.09. The normalized spacial score (nSPS) is 23.5. The van der Waals surface area contributed by atoms with E-state index in [4.69, 9.17) is 9.47 Å². The fourth-order valence-electron chi connectivity index (χ4n) is 3.53. The van der Waals surface area contributed by atoms with E-state index >= 15 is 0 Å². The van der Waals surface area contributed by atoms with E-state index in [1.54, 1.807) is 7.11 Å². The second-order valence-corrected chi connectivity index (χ2v) is 7.50. The van der Waals surface area contributed by atoms with E-state index in [0.29, 0.717) is 5.88 Å². The number of carbonyl (C=O) groups excluding carboxylic acids is 1. The van der Waals surface area contributed by atoms with Crippen LogP contribution in [0.3, 0.4) is 0 Å². The first-order valence-electron chi connectivity index (χ1n) is 8.61. The molecular weight excluding hydrogens is 304 g/mol. The van der Waals surface area contributed by atoms with Crippen LogP contribution in [0.15, 0.2) is 24.3 Å². The molecule has 2 atom stereocenters. The summed E-state index contributed by atoms with van der Waals surface area (Å²) in [6.07, 6.45) is 5.92. The molecule has 0 N–H and O–H groups in total. The average Bonchev–Trinajstić information content (AvgIpc) is 2.52. The molecule has 130 valence electrons. The molecule has 5 heteroatoms. The van der Waals surface area contributed by atoms with E-state index < -0.39 is 5.60 Å². The van der Waals surface area contributed by atoms with Crippen molar-refractivity contribution < 1.29 is 14.3 Å². The zero-order valence-electron chi connectivity index (χ0n) is 14.9. The smallest absolute Gasteiger partial charge is 0.411 e. The number of amides is 1. The predicted octanol–water partition coefficient (Wildman–Crippen LogP) is 4.04. The molecule has 0 saturated carbocycles. The molecule has 0 aliphatic carbocycles. The lowest BCUT2D eigenvalue weighted by molar-refractivity contribution is 0.0000624. The highest BCUT2D eigenvalue weighted by Crippen LogP contribution is 2.37. The summed E-state index contributed by atoms with van der Waals surface area (Å²) in [6.45, 7) is 5.73. The van der Waals surface area contributed by atoms with Crippen molar-refractivity contribution in [1.29, 1.82) is 0 Å². The van der Waals surface area contributed by atoms with E-state index in [2.05, 4.69) is 11.1 Å². The van der Waals surface area contributed by atoms with Crippen molar-refractivity contribution in [3.63, 3.8) is 0 Å². The molecule has 0 spiro atoms. The first-order chi connectivity index (χ1) is 11.4. The Morgan fingerprint density at radius 3 is 2.75 bits per heavy atom. The minimum Gasteiger partial charge on any atom is -0.481 e. The number of ether oxygens (including phenoxy) is 2. The third-order valence-electron chi connectivity index (χ3n) is 4.50. The van der Waals surface area contributed by atoms with E-state index in [9.17, 15) is 4.79 Å². The number of fused-ring (bicyclic) bond motifs is 2. The molecule has 5 nitrogen and oxygen atoms in total. The van der Waals surface area contributed by atoms with Crippen LogP contribution in [0.2, 0.25) is 0 Å². The van der Waals surface area contributed by atoms with Gasteiger partial charge in [0.15, 0.2) is 0 Å². The molecule has 1 aromatic rings. The van der Waals surface area contributed by atoms with Crippen molar-refractivity contribution in [2.45, 2.75) is 64.1 Å². The maximum atomic E-state index is 12.6. The number of pyridine rings is 1. The van der Waals surface area contributed by atoms with E-state index in [1.165, 1.54) is 5.57 Å². The minimum atomic E-state index is -0.469. The van der Waals surface area contributed by atoms with Gasteiger partial charge in [0.25, 0.3) is 0 Å². The maximum Gasteiger partial charge on any atom is 0.411 e. The van der Waals surface area contributed by atoms with Gasteiger partial charge in [0.2, 0.25) is 5.88 Å². The van der Waals surface area contributed by atoms with Gasteiger partial charge in [-0.2, -0.15) is 0 Å². The molecule has 2 aliphatic heterocycles. The van der Waals surface area contributed by atoms with Crippen molar-refractivity contribution >= 4 is 11.7 Å². The van der Waals surface area contributed by atoms with Crippen LogP contribution in [0, 0.1) is 0 Å². The molecule has 2 unspecified atom stereocenters. The molecule has 0 aromatic carbocycles. The summed E-state index contributed by atoms with van der Waals surface area (Å²) in [7, 11) is 1.63. The number of rotatable bonds is 2. The Kier molecular flexibility index (Phi) is 4.52. The Balaban J connectivity index is 1.85. The van der Waals surface area contributed by atoms with Crippen LogP contribution in [-0.2, 0) is 4.74 Å². The number of hydrogen-bond donors (Lipinski definition) is 0. The lowest BCUT2D eigenvalue weighted by Gasteiger charge is -2.45. The second-order valence-electron chi connectivity index (χ2n) is 7.50. The first kappa shape index (κ1) is 16.8. The molecule has 3 rings (SSSR count). The minimum absolute atomic E-state index is 0.0929. The summed E-state index contributed by atoms with van der Waals surface area (Å²) < 4.78 is 10.8. The van der Waals surface area contributed by atoms with Crippen molar-refractivity contribution in [2.24, 2.45) is 0 Å². The Labute approximate surface area is 143 Å². The zero-order valence-corrected chi connectivity index (χ0v) is 14.9. The number of aromatic nitrogens is 1. The number of methoxy groups -OCH3 is 1. The van der Waals surface area contributed by atoms with Crippen LogP contribution in [0.25, 0.3) is 5.57 Å². The SMILES string of the molecule is COc1cccc(C2=CC3CCCC(C2)N3C(=O)OC(C)(C)C)n1. The molecule has 0 radical (unpaired) electrons. The maximum absolute atomic E-state index is 12.6. The van der Waals surface area contributed by atoms with Gasteiger partial charge in [0.05, 0.1) is 18.8 Å². The largest absolute Gasteiger partial charge is 0.481 e. The molecular formula is C19H26N2O3. The van der Waals surface area contributed by atoms with Crippen LogP contribution < -0.4 is 4.74 Å². The third-order valence-corrected chi connectivity index (χ3v) is 4.50. The Morgan fingerprint density at radius 1 is 1.29 bits per heavy atom. The van der Waals surface area contributed by atoms with Gasteiger partial charge in [-0.1, -0.05) is 12.1 Å². The summed E-state index contributed by atoms with van der Waals surface area (Å²) in [5.74, 6) is 0.619. The summed E-state index contributed by atoms with van der Waals surface area (Å²) in [5, 5.41) is 0. The first-order valence-corrected chi connectivity index (χ1v) is 8.61. The van der Waals surface area contributed by atoms with E-state index in [1.807, 2.05) is 43.9 Å². The zero-order chi connectivity index (χ0) is 17.3. The standard InChI is InChI=1S/C19H26N2O3/c1-19(2,3)24-18(22)21-14-7-5-8-15(21)12-13(11-14)16-9-6-10-17(20-16)23-4/h6,9-11,14-15H,5,7-8,12H2,1-4H3. The molecule has 2 aliphatic rings. The van der Waals surface area contributed by atoms with Crippen molar-refractivity contribution in [1.82, 2.24) is 9.88 Å². The molecule has 3 heterocycles. The predicted molar refractivity (Wildman–Crippen MR) is 92.9 cm³/mol. The molecule has 1 aromatic heterocycles. The monoisotopic (exact) mass is 330 g/mol. The van der Waals surface area contributed by atoms with Crippen molar-refractivity contribution in [3.8, 4) is 5.88 Å². The quantitative estimate of drug-likeness (QED) is 0.821. The molecule has 1 saturated heterocycles. The van der Waals surface area contributed by atoms with Crippen LogP contribution >= 0.6 is 0 Å². The Hall–Kier alpha value is -2.04. The number of hydrogen-bond acceptors (Lipinski definition) is 4. The Morgan fingerprint density at radius 2 is 2.08 bits per heavy atom. The van der Waals surface area contributed by atoms with Gasteiger partial charge in [0.1, 0.15) is 5.60 Å². The van der Waals surface area contributed by atoms with E-state index in [0.717, 1.165) is 31.4 Å². The number of piperidine rings is 1. The molecule has 1 fully saturated rings. The van der Waals surface area contributed by atoms with Gasteiger partial charge in [-0.05, 0) is 58.1 Å². The average molecular weight is 330 g/mol. The highest BCUT2D eigenvalue weighted by Gasteiger charge is 2.39. The van der Waals surface area contributed by atoms with Crippen molar-refractivity contribution in [3.05, 3.63) is 30.0 Å². The lowest BCUT2D eigenvalue weighted by atomic mass is 9.84. The van der Waals surface area contributed by atoms with Gasteiger partial charge in [-0.25, -0.2) is 9.78 Å². The van der Waals surface area contributed by atoms with Gasteiger partial charge in [-0.15, -0.1) is 0 Å². The number of nitrogens with zero attached hydrogens (tertiary/aromatic N) is 2. The van der Waals surface area contributed by atoms with Gasteiger partial charge < -0.3 is 9.47 Å². The second kappa shape index (κ2) is 6.46. The molecule has 1 amide bonds. The van der Waals surface area contributed by atoms with Gasteiger partial charge >= 0.3 is 6.09 Å². The van der Waals surface area contributed by atoms with Crippen LogP contribution in [0.1, 0.15) is 52.1 Å². The molecule has 2 bridgehead atoms. The third kappa shape index (κ3) is 3.55. The van der Waals surface area contributed by atoms with Crippen molar-refractivity contribution in [2.75, 3.05) is 7.11 Å². The Bertz CT molecular complexity index is 648. The highest BCUT2D eigenvalue weighted by molar-refractivity contribution is 5.74. The van der Waals surface area contributed by atoms with E-state index in [-0.39, 0.29) is 18.2 Å². The van der Waals surface area contributed by atoms with Crippen LogP contribution in [0.4, 0.5) is 4.79 Å². The lowest BCUT2D eigenvalue weighted by Crippen LogP contribution is -2.53. The van der Waals surface area contributed by atoms with Gasteiger partial charge in [0, 0.05) is 12.1 Å². The fraction of sp³-hybridized carbons (Fsp3) is 0.579. The van der Waals surface area contributed by atoms with Crippen LogP contribution in [0.5, 0.6) is 5.88 Å². The number of carbonyl (C=O) groups is 1. The summed E-state index contributed by atoms with van der Waals surface area (Å²) in [5.41, 5.74) is 1.67. The summed E-state index contributed by atoms with van der Waals surface area (Å²) >= 11 is 0.